The molecule has 4 rings (SSSR count). The molecule has 3 aromatic carbocycles. The van der Waals surface area contributed by atoms with Crippen LogP contribution in [0.2, 0.25) is 0 Å². The van der Waals surface area contributed by atoms with Gasteiger partial charge < -0.3 is 9.64 Å². The molecule has 1 saturated heterocycles. The first-order valence-electron chi connectivity index (χ1n) is 11.4. The van der Waals surface area contributed by atoms with Crippen LogP contribution in [-0.2, 0) is 6.54 Å². The Morgan fingerprint density at radius 2 is 1.44 bits per heavy atom. The highest BCUT2D eigenvalue weighted by atomic mass is 16.5. The Kier molecular flexibility index (Phi) is 6.91. The summed E-state index contributed by atoms with van der Waals surface area (Å²) in [5.41, 5.74) is 5.38. The maximum absolute atomic E-state index is 13.6. The summed E-state index contributed by atoms with van der Waals surface area (Å²) in [7, 11) is 1.69. The van der Waals surface area contributed by atoms with E-state index in [1.165, 1.54) is 11.1 Å². The van der Waals surface area contributed by atoms with Crippen molar-refractivity contribution >= 4 is 11.6 Å². The van der Waals surface area contributed by atoms with Crippen LogP contribution in [0.3, 0.4) is 0 Å². The van der Waals surface area contributed by atoms with Crippen molar-refractivity contribution in [2.45, 2.75) is 39.3 Å². The van der Waals surface area contributed by atoms with Crippen LogP contribution in [0, 0.1) is 13.8 Å². The summed E-state index contributed by atoms with van der Waals surface area (Å²) in [6.07, 6.45) is 1.92. The first-order chi connectivity index (χ1) is 15.5. The topological polar surface area (TPSA) is 32.8 Å². The Morgan fingerprint density at radius 3 is 2.00 bits per heavy atom. The molecule has 1 heterocycles. The second kappa shape index (κ2) is 10.0. The maximum Gasteiger partial charge on any atom is 0.258 e. The Balaban J connectivity index is 1.48. The third kappa shape index (κ3) is 5.20. The molecule has 32 heavy (non-hydrogen) atoms. The molecule has 4 heteroatoms. The van der Waals surface area contributed by atoms with E-state index < -0.39 is 0 Å². The molecule has 1 amide bonds. The minimum atomic E-state index is 0.0856. The van der Waals surface area contributed by atoms with Crippen LogP contribution < -0.4 is 9.64 Å². The first-order valence-corrected chi connectivity index (χ1v) is 11.4. The fourth-order valence-corrected chi connectivity index (χ4v) is 4.36. The number of aryl methyl sites for hydroxylation is 2. The van der Waals surface area contributed by atoms with Crippen LogP contribution in [0.25, 0.3) is 0 Å². The molecule has 166 valence electrons. The van der Waals surface area contributed by atoms with Gasteiger partial charge in [-0.3, -0.25) is 9.69 Å². The number of methoxy groups -OCH3 is 1. The second-order valence-corrected chi connectivity index (χ2v) is 8.73. The van der Waals surface area contributed by atoms with E-state index in [9.17, 15) is 4.79 Å². The molecule has 1 fully saturated rings. The summed E-state index contributed by atoms with van der Waals surface area (Å²) in [4.78, 5) is 18.1. The van der Waals surface area contributed by atoms with Crippen molar-refractivity contribution in [3.63, 3.8) is 0 Å². The Morgan fingerprint density at radius 1 is 0.875 bits per heavy atom. The number of carbonyl (C=O) groups excluding carboxylic acids is 1. The monoisotopic (exact) mass is 428 g/mol. The maximum atomic E-state index is 13.6. The van der Waals surface area contributed by atoms with Crippen LogP contribution in [0.4, 0.5) is 5.69 Å². The molecule has 0 aromatic heterocycles. The molecule has 1 aliphatic heterocycles. The van der Waals surface area contributed by atoms with Crippen molar-refractivity contribution in [2.24, 2.45) is 0 Å². The fraction of sp³-hybridized carbons (Fsp3) is 0.321. The van der Waals surface area contributed by atoms with Gasteiger partial charge in [-0.2, -0.15) is 0 Å². The van der Waals surface area contributed by atoms with Crippen molar-refractivity contribution < 1.29 is 9.53 Å². The number of benzene rings is 3. The molecule has 0 N–H and O–H groups in total. The summed E-state index contributed by atoms with van der Waals surface area (Å²) < 4.78 is 5.26. The van der Waals surface area contributed by atoms with Gasteiger partial charge in [-0.1, -0.05) is 47.5 Å². The fourth-order valence-electron chi connectivity index (χ4n) is 4.36. The zero-order chi connectivity index (χ0) is 22.5. The van der Waals surface area contributed by atoms with Gasteiger partial charge in [0.2, 0.25) is 0 Å². The number of anilines is 1. The number of amides is 1. The van der Waals surface area contributed by atoms with Crippen LogP contribution in [-0.4, -0.2) is 37.0 Å². The molecule has 0 bridgehead atoms. The van der Waals surface area contributed by atoms with Crippen molar-refractivity contribution in [2.75, 3.05) is 25.1 Å². The predicted molar refractivity (Wildman–Crippen MR) is 130 cm³/mol. The van der Waals surface area contributed by atoms with Crippen LogP contribution in [0.1, 0.15) is 39.9 Å². The number of hydrogen-bond acceptors (Lipinski definition) is 3. The smallest absolute Gasteiger partial charge is 0.258 e. The van der Waals surface area contributed by atoms with Gasteiger partial charge >= 0.3 is 0 Å². The largest absolute Gasteiger partial charge is 0.497 e. The van der Waals surface area contributed by atoms with Crippen molar-refractivity contribution in [1.29, 1.82) is 0 Å². The number of rotatable bonds is 6. The summed E-state index contributed by atoms with van der Waals surface area (Å²) in [5.74, 6) is 0.971. The van der Waals surface area contributed by atoms with E-state index in [1.807, 2.05) is 48.2 Å². The Hall–Kier alpha value is -3.11. The number of likely N-dealkylation sites (tertiary alicyclic amines) is 1. The molecule has 1 aliphatic rings. The molecule has 4 nitrogen and oxygen atoms in total. The normalized spacial score (nSPS) is 14.8. The standard InChI is InChI=1S/C28H32N2O2/c1-21-4-10-24(11-5-21)28(31)30(25-12-6-22(2)7-13-25)26-16-18-29(19-17-26)20-23-8-14-27(32-3)15-9-23/h4-15,26H,16-20H2,1-3H3. The SMILES string of the molecule is COc1ccc(CN2CCC(N(C(=O)c3ccc(C)cc3)c3ccc(C)cc3)CC2)cc1. The van der Waals surface area contributed by atoms with Crippen molar-refractivity contribution in [1.82, 2.24) is 4.90 Å². The van der Waals surface area contributed by atoms with Gasteiger partial charge in [0.25, 0.3) is 5.91 Å². The third-order valence-electron chi connectivity index (χ3n) is 6.32. The van der Waals surface area contributed by atoms with Gasteiger partial charge in [-0.15, -0.1) is 0 Å². The van der Waals surface area contributed by atoms with E-state index in [1.54, 1.807) is 7.11 Å². The molecule has 0 radical (unpaired) electrons. The van der Waals surface area contributed by atoms with Gasteiger partial charge in [-0.25, -0.2) is 0 Å². The molecule has 0 spiro atoms. The number of nitrogens with zero attached hydrogens (tertiary/aromatic N) is 2. The molecular weight excluding hydrogens is 396 g/mol. The molecule has 0 atom stereocenters. The Labute approximate surface area is 191 Å². The highest BCUT2D eigenvalue weighted by Crippen LogP contribution is 2.27. The summed E-state index contributed by atoms with van der Waals surface area (Å²) >= 11 is 0. The number of hydrogen-bond donors (Lipinski definition) is 0. The highest BCUT2D eigenvalue weighted by molar-refractivity contribution is 6.06. The number of ether oxygens (including phenoxy) is 1. The predicted octanol–water partition coefficient (Wildman–Crippen LogP) is 5.62. The van der Waals surface area contributed by atoms with Gasteiger partial charge in [0.1, 0.15) is 5.75 Å². The lowest BCUT2D eigenvalue weighted by molar-refractivity contribution is 0.0958. The number of piperidine rings is 1. The van der Waals surface area contributed by atoms with E-state index in [-0.39, 0.29) is 11.9 Å². The summed E-state index contributed by atoms with van der Waals surface area (Å²) in [6, 6.07) is 24.7. The zero-order valence-electron chi connectivity index (χ0n) is 19.3. The minimum absolute atomic E-state index is 0.0856. The zero-order valence-corrected chi connectivity index (χ0v) is 19.3. The van der Waals surface area contributed by atoms with Crippen molar-refractivity contribution in [3.8, 4) is 5.75 Å². The minimum Gasteiger partial charge on any atom is -0.497 e. The first kappa shape index (κ1) is 22.1. The van der Waals surface area contributed by atoms with Gasteiger partial charge in [0, 0.05) is 36.9 Å². The lowest BCUT2D eigenvalue weighted by Gasteiger charge is -2.38. The summed E-state index contributed by atoms with van der Waals surface area (Å²) in [5, 5.41) is 0. The highest BCUT2D eigenvalue weighted by Gasteiger charge is 2.30. The molecule has 0 aliphatic carbocycles. The van der Waals surface area contributed by atoms with Gasteiger partial charge in [0.05, 0.1) is 7.11 Å². The number of carbonyl (C=O) groups is 1. The average molecular weight is 429 g/mol. The quantitative estimate of drug-likeness (QED) is 0.511. The molecule has 0 saturated carbocycles. The van der Waals surface area contributed by atoms with Crippen LogP contribution in [0.15, 0.2) is 72.8 Å². The van der Waals surface area contributed by atoms with E-state index in [4.69, 9.17) is 4.74 Å². The second-order valence-electron chi connectivity index (χ2n) is 8.73. The van der Waals surface area contributed by atoms with Gasteiger partial charge in [0.15, 0.2) is 0 Å². The average Bonchev–Trinajstić information content (AvgIpc) is 2.82. The van der Waals surface area contributed by atoms with Gasteiger partial charge in [-0.05, 0) is 68.7 Å². The van der Waals surface area contributed by atoms with E-state index in [0.717, 1.165) is 55.0 Å². The molecular formula is C28H32N2O2. The van der Waals surface area contributed by atoms with Crippen molar-refractivity contribution in [3.05, 3.63) is 95.1 Å². The van der Waals surface area contributed by atoms with Crippen LogP contribution in [0.5, 0.6) is 5.75 Å². The van der Waals surface area contributed by atoms with Crippen LogP contribution >= 0.6 is 0 Å². The molecule has 0 unspecified atom stereocenters. The third-order valence-corrected chi connectivity index (χ3v) is 6.32. The van der Waals surface area contributed by atoms with E-state index >= 15 is 0 Å². The van der Waals surface area contributed by atoms with E-state index in [0.29, 0.717) is 0 Å². The van der Waals surface area contributed by atoms with E-state index in [2.05, 4.69) is 48.2 Å². The lowest BCUT2D eigenvalue weighted by Crippen LogP contribution is -2.47. The lowest BCUT2D eigenvalue weighted by atomic mass is 9.99. The summed E-state index contributed by atoms with van der Waals surface area (Å²) in [6.45, 7) is 6.99. The Bertz CT molecular complexity index is 1020. The molecule has 3 aromatic rings.